The van der Waals surface area contributed by atoms with E-state index in [9.17, 15) is 8.78 Å². The van der Waals surface area contributed by atoms with Gasteiger partial charge < -0.3 is 5.11 Å². The number of hydrogen-bond acceptors (Lipinski definition) is 1. The van der Waals surface area contributed by atoms with Crippen LogP contribution in [0.4, 0.5) is 8.78 Å². The monoisotopic (exact) mass is 152 g/mol. The molecule has 0 bridgehead atoms. The van der Waals surface area contributed by atoms with Crippen LogP contribution in [0.3, 0.4) is 0 Å². The Labute approximate surface area is 60.1 Å². The van der Waals surface area contributed by atoms with Gasteiger partial charge in [0.15, 0.2) is 0 Å². The Morgan fingerprint density at radius 1 is 1.40 bits per heavy atom. The standard InChI is InChI=1S/C7H14F2O/c1-6(2)5-7(8,9)3-4-10/h6,10H,3-5H2,1-2H3. The lowest BCUT2D eigenvalue weighted by Gasteiger charge is -2.16. The molecule has 0 aromatic heterocycles. The summed E-state index contributed by atoms with van der Waals surface area (Å²) in [4.78, 5) is 0. The first-order valence-corrected chi connectivity index (χ1v) is 3.46. The summed E-state index contributed by atoms with van der Waals surface area (Å²) < 4.78 is 25.0. The van der Waals surface area contributed by atoms with Crippen LogP contribution in [-0.4, -0.2) is 17.6 Å². The SMILES string of the molecule is CC(C)CC(F)(F)CCO. The average Bonchev–Trinajstić information content (AvgIpc) is 1.59. The lowest BCUT2D eigenvalue weighted by Crippen LogP contribution is -2.20. The predicted octanol–water partition coefficient (Wildman–Crippen LogP) is 2.05. The van der Waals surface area contributed by atoms with Crippen molar-refractivity contribution in [3.63, 3.8) is 0 Å². The summed E-state index contributed by atoms with van der Waals surface area (Å²) >= 11 is 0. The molecular weight excluding hydrogens is 138 g/mol. The van der Waals surface area contributed by atoms with Gasteiger partial charge in [0.05, 0.1) is 0 Å². The summed E-state index contributed by atoms with van der Waals surface area (Å²) in [6, 6.07) is 0. The number of aliphatic hydroxyl groups is 1. The molecule has 0 aliphatic carbocycles. The number of halogens is 2. The summed E-state index contributed by atoms with van der Waals surface area (Å²) in [5.41, 5.74) is 0. The molecule has 10 heavy (non-hydrogen) atoms. The van der Waals surface area contributed by atoms with Gasteiger partial charge in [-0.3, -0.25) is 0 Å². The van der Waals surface area contributed by atoms with Crippen molar-refractivity contribution in [2.45, 2.75) is 32.6 Å². The fraction of sp³-hybridized carbons (Fsp3) is 1.00. The molecule has 62 valence electrons. The van der Waals surface area contributed by atoms with Gasteiger partial charge >= 0.3 is 0 Å². The van der Waals surface area contributed by atoms with Crippen molar-refractivity contribution in [3.05, 3.63) is 0 Å². The van der Waals surface area contributed by atoms with Gasteiger partial charge in [0, 0.05) is 19.4 Å². The van der Waals surface area contributed by atoms with E-state index in [-0.39, 0.29) is 12.3 Å². The first-order chi connectivity index (χ1) is 4.48. The average molecular weight is 152 g/mol. The Bertz CT molecular complexity index is 91.6. The van der Waals surface area contributed by atoms with Gasteiger partial charge in [0.25, 0.3) is 5.92 Å². The number of rotatable bonds is 4. The first-order valence-electron chi connectivity index (χ1n) is 3.46. The molecule has 1 nitrogen and oxygen atoms in total. The zero-order valence-corrected chi connectivity index (χ0v) is 6.40. The van der Waals surface area contributed by atoms with Crippen LogP contribution in [0.2, 0.25) is 0 Å². The van der Waals surface area contributed by atoms with E-state index in [1.807, 2.05) is 0 Å². The summed E-state index contributed by atoms with van der Waals surface area (Å²) in [5.74, 6) is -2.69. The topological polar surface area (TPSA) is 20.2 Å². The van der Waals surface area contributed by atoms with Crippen molar-refractivity contribution in [3.8, 4) is 0 Å². The Morgan fingerprint density at radius 2 is 1.90 bits per heavy atom. The molecule has 0 aliphatic rings. The molecule has 1 N–H and O–H groups in total. The van der Waals surface area contributed by atoms with E-state index >= 15 is 0 Å². The van der Waals surface area contributed by atoms with E-state index in [2.05, 4.69) is 0 Å². The largest absolute Gasteiger partial charge is 0.396 e. The minimum Gasteiger partial charge on any atom is -0.396 e. The maximum absolute atomic E-state index is 12.5. The van der Waals surface area contributed by atoms with Crippen molar-refractivity contribution in [1.29, 1.82) is 0 Å². The van der Waals surface area contributed by atoms with Crippen molar-refractivity contribution < 1.29 is 13.9 Å². The molecule has 0 radical (unpaired) electrons. The number of alkyl halides is 2. The van der Waals surface area contributed by atoms with Crippen LogP contribution >= 0.6 is 0 Å². The minimum atomic E-state index is -2.68. The normalized spacial score (nSPS) is 12.6. The lowest BCUT2D eigenvalue weighted by atomic mass is 10.0. The quantitative estimate of drug-likeness (QED) is 0.653. The molecule has 0 atom stereocenters. The smallest absolute Gasteiger partial charge is 0.250 e. The second kappa shape index (κ2) is 3.86. The van der Waals surface area contributed by atoms with Gasteiger partial charge in [-0.2, -0.15) is 0 Å². The Balaban J connectivity index is 3.63. The summed E-state index contributed by atoms with van der Waals surface area (Å²) in [5, 5.41) is 8.23. The fourth-order valence-corrected chi connectivity index (χ4v) is 0.863. The Kier molecular flexibility index (Phi) is 3.79. The van der Waals surface area contributed by atoms with Crippen LogP contribution in [0.25, 0.3) is 0 Å². The zero-order chi connectivity index (χ0) is 8.20. The predicted molar refractivity (Wildman–Crippen MR) is 36.1 cm³/mol. The molecule has 0 spiro atoms. The maximum Gasteiger partial charge on any atom is 0.250 e. The van der Waals surface area contributed by atoms with Gasteiger partial charge in [-0.25, -0.2) is 8.78 Å². The summed E-state index contributed by atoms with van der Waals surface area (Å²) in [7, 11) is 0. The van der Waals surface area contributed by atoms with E-state index < -0.39 is 19.0 Å². The molecule has 0 saturated heterocycles. The number of hydrogen-bond donors (Lipinski definition) is 1. The molecule has 3 heteroatoms. The van der Waals surface area contributed by atoms with Gasteiger partial charge in [0.1, 0.15) is 0 Å². The molecule has 0 aromatic carbocycles. The van der Waals surface area contributed by atoms with E-state index in [1.165, 1.54) is 0 Å². The van der Waals surface area contributed by atoms with Crippen molar-refractivity contribution in [2.24, 2.45) is 5.92 Å². The minimum absolute atomic E-state index is 0.0125. The van der Waals surface area contributed by atoms with Gasteiger partial charge in [0.2, 0.25) is 0 Å². The Morgan fingerprint density at radius 3 is 2.20 bits per heavy atom. The molecule has 0 heterocycles. The third kappa shape index (κ3) is 4.68. The highest BCUT2D eigenvalue weighted by Gasteiger charge is 2.28. The first kappa shape index (κ1) is 9.82. The summed E-state index contributed by atoms with van der Waals surface area (Å²) in [6.07, 6.45) is -0.543. The van der Waals surface area contributed by atoms with Gasteiger partial charge in [-0.1, -0.05) is 13.8 Å². The van der Waals surface area contributed by atoms with Crippen LogP contribution < -0.4 is 0 Å². The van der Waals surface area contributed by atoms with E-state index in [1.54, 1.807) is 13.8 Å². The van der Waals surface area contributed by atoms with E-state index in [0.717, 1.165) is 0 Å². The highest BCUT2D eigenvalue weighted by Crippen LogP contribution is 2.26. The van der Waals surface area contributed by atoms with Crippen LogP contribution in [-0.2, 0) is 0 Å². The molecule has 0 aliphatic heterocycles. The lowest BCUT2D eigenvalue weighted by molar-refractivity contribution is -0.0387. The molecule has 0 fully saturated rings. The fourth-order valence-electron chi connectivity index (χ4n) is 0.863. The Hall–Kier alpha value is -0.180. The molecule has 0 rings (SSSR count). The van der Waals surface area contributed by atoms with Crippen LogP contribution in [0.15, 0.2) is 0 Å². The third-order valence-corrected chi connectivity index (χ3v) is 1.18. The maximum atomic E-state index is 12.5. The van der Waals surface area contributed by atoms with Crippen molar-refractivity contribution in [2.75, 3.05) is 6.61 Å². The molecule has 0 amide bonds. The second-order valence-electron chi connectivity index (χ2n) is 2.93. The number of aliphatic hydroxyl groups excluding tert-OH is 1. The molecule has 0 unspecified atom stereocenters. The zero-order valence-electron chi connectivity index (χ0n) is 6.40. The van der Waals surface area contributed by atoms with Crippen LogP contribution in [0.5, 0.6) is 0 Å². The van der Waals surface area contributed by atoms with Crippen molar-refractivity contribution >= 4 is 0 Å². The van der Waals surface area contributed by atoms with Gasteiger partial charge in [-0.05, 0) is 5.92 Å². The van der Waals surface area contributed by atoms with E-state index in [0.29, 0.717) is 0 Å². The summed E-state index contributed by atoms with van der Waals surface area (Å²) in [6.45, 7) is 3.05. The molecule has 0 aromatic rings. The molecular formula is C7H14F2O. The highest BCUT2D eigenvalue weighted by atomic mass is 19.3. The molecule has 0 saturated carbocycles. The second-order valence-corrected chi connectivity index (χ2v) is 2.93. The van der Waals surface area contributed by atoms with Crippen molar-refractivity contribution in [1.82, 2.24) is 0 Å². The van der Waals surface area contributed by atoms with Crippen LogP contribution in [0, 0.1) is 5.92 Å². The highest BCUT2D eigenvalue weighted by molar-refractivity contribution is 4.66. The van der Waals surface area contributed by atoms with Crippen LogP contribution in [0.1, 0.15) is 26.7 Å². The third-order valence-electron chi connectivity index (χ3n) is 1.18. The van der Waals surface area contributed by atoms with Gasteiger partial charge in [-0.15, -0.1) is 0 Å². The van der Waals surface area contributed by atoms with E-state index in [4.69, 9.17) is 5.11 Å².